The summed E-state index contributed by atoms with van der Waals surface area (Å²) in [5.41, 5.74) is 2.43. The van der Waals surface area contributed by atoms with E-state index in [1.54, 1.807) is 20.9 Å². The van der Waals surface area contributed by atoms with Crippen molar-refractivity contribution in [2.24, 2.45) is 7.05 Å². The molecule has 8 nitrogen and oxygen atoms in total. The van der Waals surface area contributed by atoms with Gasteiger partial charge in [0.05, 0.1) is 11.1 Å². The van der Waals surface area contributed by atoms with Crippen LogP contribution in [0.4, 0.5) is 0 Å². The monoisotopic (exact) mass is 426 g/mol. The minimum atomic E-state index is -3.70. The summed E-state index contributed by atoms with van der Waals surface area (Å²) in [6.45, 7) is 6.31. The third-order valence-corrected chi connectivity index (χ3v) is 8.99. The van der Waals surface area contributed by atoms with E-state index in [1.807, 2.05) is 19.1 Å². The first-order valence-electron chi connectivity index (χ1n) is 9.10. The Morgan fingerprint density at radius 3 is 1.89 bits per heavy atom. The molecule has 1 aromatic carbocycles. The van der Waals surface area contributed by atoms with E-state index in [9.17, 15) is 16.8 Å². The summed E-state index contributed by atoms with van der Waals surface area (Å²) < 4.78 is 56.4. The van der Waals surface area contributed by atoms with Crippen LogP contribution in [-0.4, -0.2) is 61.4 Å². The Morgan fingerprint density at radius 2 is 1.39 bits per heavy atom. The fourth-order valence-electron chi connectivity index (χ4n) is 3.73. The van der Waals surface area contributed by atoms with Gasteiger partial charge in [-0.3, -0.25) is 4.68 Å². The maximum atomic E-state index is 13.3. The smallest absolute Gasteiger partial charge is 0.246 e. The molecule has 0 bridgehead atoms. The van der Waals surface area contributed by atoms with Crippen molar-refractivity contribution in [3.63, 3.8) is 0 Å². The highest BCUT2D eigenvalue weighted by molar-refractivity contribution is 7.89. The van der Waals surface area contributed by atoms with Gasteiger partial charge in [-0.15, -0.1) is 0 Å². The Kier molecular flexibility index (Phi) is 5.68. The number of hydrogen-bond acceptors (Lipinski definition) is 5. The van der Waals surface area contributed by atoms with Gasteiger partial charge in [-0.1, -0.05) is 17.7 Å². The molecule has 2 heterocycles. The standard InChI is InChI=1S/C18H26N4O4S2/c1-14-10-15(2)18(16(3)11-14)28(25,26)22-7-5-6-21(8-9-22)27(23,24)17-12-19-20(4)13-17/h10-13H,5-9H2,1-4H3. The molecule has 1 aliphatic heterocycles. The van der Waals surface area contributed by atoms with E-state index in [2.05, 4.69) is 5.10 Å². The summed E-state index contributed by atoms with van der Waals surface area (Å²) in [6.07, 6.45) is 3.20. The van der Waals surface area contributed by atoms with E-state index in [0.717, 1.165) is 5.56 Å². The number of aryl methyl sites for hydroxylation is 4. The van der Waals surface area contributed by atoms with Crippen molar-refractivity contribution >= 4 is 20.0 Å². The van der Waals surface area contributed by atoms with Crippen molar-refractivity contribution in [3.05, 3.63) is 41.2 Å². The van der Waals surface area contributed by atoms with E-state index < -0.39 is 20.0 Å². The van der Waals surface area contributed by atoms with Gasteiger partial charge in [0.2, 0.25) is 20.0 Å². The summed E-state index contributed by atoms with van der Waals surface area (Å²) in [5.74, 6) is 0. The van der Waals surface area contributed by atoms with Gasteiger partial charge in [-0.05, 0) is 38.3 Å². The second-order valence-electron chi connectivity index (χ2n) is 7.24. The Labute approximate surface area is 166 Å². The predicted octanol–water partition coefficient (Wildman–Crippen LogP) is 1.43. The van der Waals surface area contributed by atoms with Gasteiger partial charge in [0.15, 0.2) is 0 Å². The molecule has 1 aromatic heterocycles. The molecule has 0 amide bonds. The van der Waals surface area contributed by atoms with Crippen molar-refractivity contribution in [1.82, 2.24) is 18.4 Å². The molecule has 3 rings (SSSR count). The highest BCUT2D eigenvalue weighted by Crippen LogP contribution is 2.27. The lowest BCUT2D eigenvalue weighted by Crippen LogP contribution is -2.37. The number of hydrogen-bond donors (Lipinski definition) is 0. The molecule has 0 spiro atoms. The molecule has 0 unspecified atom stereocenters. The number of sulfonamides is 2. The fraction of sp³-hybridized carbons (Fsp3) is 0.500. The summed E-state index contributed by atoms with van der Waals surface area (Å²) in [6, 6.07) is 3.72. The maximum Gasteiger partial charge on any atom is 0.246 e. The molecule has 10 heteroatoms. The Morgan fingerprint density at radius 1 is 0.857 bits per heavy atom. The second-order valence-corrected chi connectivity index (χ2v) is 11.1. The number of rotatable bonds is 4. The molecular weight excluding hydrogens is 400 g/mol. The Bertz CT molecular complexity index is 1070. The molecule has 2 aromatic rings. The first-order valence-corrected chi connectivity index (χ1v) is 12.0. The molecule has 1 fully saturated rings. The summed E-state index contributed by atoms with van der Waals surface area (Å²) in [4.78, 5) is 0.443. The van der Waals surface area contributed by atoms with E-state index in [1.165, 1.54) is 25.7 Å². The van der Waals surface area contributed by atoms with Crippen molar-refractivity contribution in [2.45, 2.75) is 37.0 Å². The van der Waals surface area contributed by atoms with Crippen LogP contribution in [0.3, 0.4) is 0 Å². The lowest BCUT2D eigenvalue weighted by atomic mass is 10.1. The van der Waals surface area contributed by atoms with Gasteiger partial charge < -0.3 is 0 Å². The van der Waals surface area contributed by atoms with Crippen molar-refractivity contribution < 1.29 is 16.8 Å². The number of aromatic nitrogens is 2. The summed E-state index contributed by atoms with van der Waals surface area (Å²) in [5, 5.41) is 3.93. The normalized spacial score (nSPS) is 17.6. The Hall–Kier alpha value is -1.75. The quantitative estimate of drug-likeness (QED) is 0.737. The van der Waals surface area contributed by atoms with E-state index >= 15 is 0 Å². The largest absolute Gasteiger partial charge is 0.274 e. The average Bonchev–Trinajstić information content (AvgIpc) is 2.87. The van der Waals surface area contributed by atoms with Crippen molar-refractivity contribution in [3.8, 4) is 0 Å². The van der Waals surface area contributed by atoms with Crippen molar-refractivity contribution in [2.75, 3.05) is 26.2 Å². The first-order chi connectivity index (χ1) is 13.0. The summed E-state index contributed by atoms with van der Waals surface area (Å²) >= 11 is 0. The zero-order valence-electron chi connectivity index (χ0n) is 16.6. The van der Waals surface area contributed by atoms with E-state index in [-0.39, 0.29) is 31.1 Å². The third kappa shape index (κ3) is 3.86. The van der Waals surface area contributed by atoms with E-state index in [4.69, 9.17) is 0 Å². The minimum Gasteiger partial charge on any atom is -0.274 e. The van der Waals surface area contributed by atoms with Crippen LogP contribution >= 0.6 is 0 Å². The molecular formula is C18H26N4O4S2. The minimum absolute atomic E-state index is 0.112. The summed E-state index contributed by atoms with van der Waals surface area (Å²) in [7, 11) is -5.73. The van der Waals surface area contributed by atoms with Gasteiger partial charge in [0, 0.05) is 39.4 Å². The molecule has 1 saturated heterocycles. The van der Waals surface area contributed by atoms with Crippen LogP contribution in [0, 0.1) is 20.8 Å². The molecule has 28 heavy (non-hydrogen) atoms. The first kappa shape index (κ1) is 21.0. The topological polar surface area (TPSA) is 92.6 Å². The zero-order valence-corrected chi connectivity index (χ0v) is 18.2. The molecule has 0 N–H and O–H groups in total. The molecule has 1 aliphatic rings. The van der Waals surface area contributed by atoms with Crippen LogP contribution in [0.25, 0.3) is 0 Å². The van der Waals surface area contributed by atoms with Gasteiger partial charge in [-0.25, -0.2) is 16.8 Å². The van der Waals surface area contributed by atoms with Crippen LogP contribution in [0.5, 0.6) is 0 Å². The number of benzene rings is 1. The predicted molar refractivity (Wildman–Crippen MR) is 106 cm³/mol. The van der Waals surface area contributed by atoms with Crippen LogP contribution in [0.15, 0.2) is 34.3 Å². The van der Waals surface area contributed by atoms with Gasteiger partial charge >= 0.3 is 0 Å². The fourth-order valence-corrected chi connectivity index (χ4v) is 7.07. The van der Waals surface area contributed by atoms with Gasteiger partial charge in [-0.2, -0.15) is 13.7 Å². The molecule has 0 aliphatic carbocycles. The second kappa shape index (κ2) is 7.58. The SMILES string of the molecule is Cc1cc(C)c(S(=O)(=O)N2CCCN(S(=O)(=O)c3cnn(C)c3)CC2)c(C)c1. The highest BCUT2D eigenvalue weighted by Gasteiger charge is 2.33. The average molecular weight is 427 g/mol. The van der Waals surface area contributed by atoms with Crippen molar-refractivity contribution in [1.29, 1.82) is 0 Å². The maximum absolute atomic E-state index is 13.3. The van der Waals surface area contributed by atoms with E-state index in [0.29, 0.717) is 22.4 Å². The van der Waals surface area contributed by atoms with Crippen LogP contribution < -0.4 is 0 Å². The zero-order chi connectivity index (χ0) is 20.7. The van der Waals surface area contributed by atoms with Crippen LogP contribution in [0.2, 0.25) is 0 Å². The molecule has 154 valence electrons. The lowest BCUT2D eigenvalue weighted by Gasteiger charge is -2.23. The lowest BCUT2D eigenvalue weighted by molar-refractivity contribution is 0.404. The van der Waals surface area contributed by atoms with Crippen LogP contribution in [0.1, 0.15) is 23.1 Å². The molecule has 0 atom stereocenters. The Balaban J connectivity index is 1.86. The third-order valence-electron chi connectivity index (χ3n) is 4.94. The molecule has 0 saturated carbocycles. The van der Waals surface area contributed by atoms with Gasteiger partial charge in [0.1, 0.15) is 4.90 Å². The number of nitrogens with zero attached hydrogens (tertiary/aromatic N) is 4. The van der Waals surface area contributed by atoms with Gasteiger partial charge in [0.25, 0.3) is 0 Å². The molecule has 0 radical (unpaired) electrons. The highest BCUT2D eigenvalue weighted by atomic mass is 32.2. The van der Waals surface area contributed by atoms with Crippen LogP contribution in [-0.2, 0) is 27.1 Å².